The van der Waals surface area contributed by atoms with E-state index in [0.29, 0.717) is 12.5 Å². The average Bonchev–Trinajstić information content (AvgIpc) is 3.05. The average molecular weight is 344 g/mol. The lowest BCUT2D eigenvalue weighted by molar-refractivity contribution is -0.135. The van der Waals surface area contributed by atoms with Crippen LogP contribution in [0.5, 0.6) is 0 Å². The number of benzene rings is 1. The van der Waals surface area contributed by atoms with Gasteiger partial charge in [0, 0.05) is 32.2 Å². The lowest BCUT2D eigenvalue weighted by Crippen LogP contribution is -2.43. The van der Waals surface area contributed by atoms with Gasteiger partial charge in [-0.25, -0.2) is 0 Å². The summed E-state index contributed by atoms with van der Waals surface area (Å²) in [7, 11) is 0. The molecule has 0 spiro atoms. The molecular formula is C21H32N2O2. The predicted molar refractivity (Wildman–Crippen MR) is 100 cm³/mol. The van der Waals surface area contributed by atoms with Crippen LogP contribution in [0.25, 0.3) is 0 Å². The van der Waals surface area contributed by atoms with Crippen molar-refractivity contribution in [3.8, 4) is 0 Å². The lowest BCUT2D eigenvalue weighted by Gasteiger charge is -2.31. The number of likely N-dealkylation sites (tertiary alicyclic amines) is 2. The smallest absolute Gasteiger partial charge is 0.232 e. The van der Waals surface area contributed by atoms with Gasteiger partial charge in [-0.1, -0.05) is 36.8 Å². The zero-order valence-corrected chi connectivity index (χ0v) is 15.7. The van der Waals surface area contributed by atoms with E-state index in [1.54, 1.807) is 0 Å². The number of carbonyl (C=O) groups excluding carboxylic acids is 1. The number of aliphatic hydroxyl groups excluding tert-OH is 1. The second-order valence-corrected chi connectivity index (χ2v) is 8.27. The Hall–Kier alpha value is -1.39. The van der Waals surface area contributed by atoms with Gasteiger partial charge in [-0.3, -0.25) is 4.79 Å². The minimum Gasteiger partial charge on any atom is -0.396 e. The van der Waals surface area contributed by atoms with Gasteiger partial charge in [-0.15, -0.1) is 0 Å². The van der Waals surface area contributed by atoms with E-state index in [-0.39, 0.29) is 18.4 Å². The van der Waals surface area contributed by atoms with E-state index in [9.17, 15) is 9.90 Å². The topological polar surface area (TPSA) is 43.8 Å². The summed E-state index contributed by atoms with van der Waals surface area (Å²) < 4.78 is 0. The molecule has 1 amide bonds. The minimum atomic E-state index is -0.527. The van der Waals surface area contributed by atoms with Crippen LogP contribution in [0.15, 0.2) is 30.3 Å². The van der Waals surface area contributed by atoms with Gasteiger partial charge < -0.3 is 14.9 Å². The van der Waals surface area contributed by atoms with Crippen LogP contribution >= 0.6 is 0 Å². The summed E-state index contributed by atoms with van der Waals surface area (Å²) in [5.74, 6) is 0.773. The molecule has 2 atom stereocenters. The first-order chi connectivity index (χ1) is 12.0. The van der Waals surface area contributed by atoms with E-state index >= 15 is 0 Å². The first-order valence-corrected chi connectivity index (χ1v) is 9.70. The summed E-state index contributed by atoms with van der Waals surface area (Å²) in [4.78, 5) is 17.7. The fraction of sp³-hybridized carbons (Fsp3) is 0.667. The van der Waals surface area contributed by atoms with Crippen molar-refractivity contribution in [3.05, 3.63) is 35.9 Å². The maximum Gasteiger partial charge on any atom is 0.232 e. The van der Waals surface area contributed by atoms with Gasteiger partial charge in [0.05, 0.1) is 5.41 Å². The Balaban J connectivity index is 1.67. The predicted octanol–water partition coefficient (Wildman–Crippen LogP) is 2.52. The molecule has 0 aromatic heterocycles. The minimum absolute atomic E-state index is 0.175. The molecule has 0 bridgehead atoms. The number of carbonyl (C=O) groups is 1. The third kappa shape index (κ3) is 4.06. The molecule has 4 nitrogen and oxygen atoms in total. The second-order valence-electron chi connectivity index (χ2n) is 8.27. The Morgan fingerprint density at radius 3 is 2.36 bits per heavy atom. The molecule has 2 fully saturated rings. The summed E-state index contributed by atoms with van der Waals surface area (Å²) in [5, 5.41) is 9.83. The van der Waals surface area contributed by atoms with E-state index in [2.05, 4.69) is 4.90 Å². The summed E-state index contributed by atoms with van der Waals surface area (Å²) >= 11 is 0. The van der Waals surface area contributed by atoms with Crippen LogP contribution in [0, 0.1) is 11.8 Å². The van der Waals surface area contributed by atoms with Gasteiger partial charge >= 0.3 is 0 Å². The third-order valence-corrected chi connectivity index (χ3v) is 6.07. The van der Waals surface area contributed by atoms with Crippen molar-refractivity contribution in [3.63, 3.8) is 0 Å². The molecule has 138 valence electrons. The summed E-state index contributed by atoms with van der Waals surface area (Å²) in [5.41, 5.74) is 0.529. The highest BCUT2D eigenvalue weighted by Crippen LogP contribution is 2.31. The molecule has 1 N–H and O–H groups in total. The van der Waals surface area contributed by atoms with Crippen molar-refractivity contribution in [1.82, 2.24) is 9.80 Å². The maximum absolute atomic E-state index is 13.2. The van der Waals surface area contributed by atoms with E-state index in [1.165, 1.54) is 19.3 Å². The number of hydrogen-bond donors (Lipinski definition) is 1. The molecule has 4 heteroatoms. The van der Waals surface area contributed by atoms with Crippen molar-refractivity contribution in [2.75, 3.05) is 39.3 Å². The quantitative estimate of drug-likeness (QED) is 0.893. The van der Waals surface area contributed by atoms with Gasteiger partial charge in [0.2, 0.25) is 5.91 Å². The van der Waals surface area contributed by atoms with E-state index < -0.39 is 5.41 Å². The summed E-state index contributed by atoms with van der Waals surface area (Å²) in [6, 6.07) is 10.0. The highest BCUT2D eigenvalue weighted by Gasteiger charge is 2.41. The molecule has 25 heavy (non-hydrogen) atoms. The molecule has 2 aliphatic heterocycles. The molecule has 0 saturated carbocycles. The van der Waals surface area contributed by atoms with Crippen molar-refractivity contribution >= 4 is 5.91 Å². The molecule has 0 radical (unpaired) electrons. The number of rotatable bonds is 5. The molecular weight excluding hydrogens is 312 g/mol. The Bertz CT molecular complexity index is 567. The van der Waals surface area contributed by atoms with Gasteiger partial charge in [0.25, 0.3) is 0 Å². The fourth-order valence-electron chi connectivity index (χ4n) is 4.37. The Kier molecular flexibility index (Phi) is 5.80. The summed E-state index contributed by atoms with van der Waals surface area (Å²) in [6.07, 6.45) is 3.89. The zero-order valence-electron chi connectivity index (χ0n) is 15.7. The van der Waals surface area contributed by atoms with Crippen LogP contribution in [-0.2, 0) is 10.2 Å². The molecule has 2 saturated heterocycles. The number of piperidine rings is 1. The van der Waals surface area contributed by atoms with Gasteiger partial charge in [0.15, 0.2) is 0 Å². The molecule has 1 aromatic rings. The number of aliphatic hydroxyl groups is 1. The largest absolute Gasteiger partial charge is 0.396 e. The van der Waals surface area contributed by atoms with Gasteiger partial charge in [-0.05, 0) is 51.3 Å². The highest BCUT2D eigenvalue weighted by molar-refractivity contribution is 5.87. The van der Waals surface area contributed by atoms with E-state index in [4.69, 9.17) is 0 Å². The first-order valence-electron chi connectivity index (χ1n) is 9.70. The first kappa shape index (κ1) is 18.4. The zero-order chi connectivity index (χ0) is 17.9. The van der Waals surface area contributed by atoms with Crippen molar-refractivity contribution in [1.29, 1.82) is 0 Å². The molecule has 1 aromatic carbocycles. The SMILES string of the molecule is CC(C)(C(=O)N1C[C@@H](CN2CCCCC2)[C@@H](CO)C1)c1ccccc1. The van der Waals surface area contributed by atoms with Crippen molar-refractivity contribution < 1.29 is 9.90 Å². The number of hydrogen-bond acceptors (Lipinski definition) is 3. The second kappa shape index (κ2) is 7.88. The number of amides is 1. The van der Waals surface area contributed by atoms with Gasteiger partial charge in [0.1, 0.15) is 0 Å². The molecule has 2 heterocycles. The fourth-order valence-corrected chi connectivity index (χ4v) is 4.37. The Morgan fingerprint density at radius 1 is 1.08 bits per heavy atom. The van der Waals surface area contributed by atoms with Crippen LogP contribution in [0.4, 0.5) is 0 Å². The lowest BCUT2D eigenvalue weighted by atomic mass is 9.83. The normalized spacial score (nSPS) is 25.3. The molecule has 0 aliphatic carbocycles. The monoisotopic (exact) mass is 344 g/mol. The number of nitrogens with zero attached hydrogens (tertiary/aromatic N) is 2. The van der Waals surface area contributed by atoms with Crippen molar-refractivity contribution in [2.24, 2.45) is 11.8 Å². The van der Waals surface area contributed by atoms with E-state index in [1.807, 2.05) is 49.1 Å². The van der Waals surface area contributed by atoms with Crippen LogP contribution in [0.1, 0.15) is 38.7 Å². The Labute approximate surface area is 151 Å². The van der Waals surface area contributed by atoms with Crippen LogP contribution in [-0.4, -0.2) is 60.1 Å². The van der Waals surface area contributed by atoms with Crippen LogP contribution < -0.4 is 0 Å². The van der Waals surface area contributed by atoms with Crippen LogP contribution in [0.2, 0.25) is 0 Å². The Morgan fingerprint density at radius 2 is 1.72 bits per heavy atom. The highest BCUT2D eigenvalue weighted by atomic mass is 16.3. The molecule has 2 aliphatic rings. The summed E-state index contributed by atoms with van der Waals surface area (Å²) in [6.45, 7) is 9.00. The third-order valence-electron chi connectivity index (χ3n) is 6.07. The van der Waals surface area contributed by atoms with Gasteiger partial charge in [-0.2, -0.15) is 0 Å². The molecule has 3 rings (SSSR count). The molecule has 0 unspecified atom stereocenters. The van der Waals surface area contributed by atoms with Crippen LogP contribution in [0.3, 0.4) is 0 Å². The van der Waals surface area contributed by atoms with E-state index in [0.717, 1.165) is 31.7 Å². The standard InChI is InChI=1S/C21H32N2O2/c1-21(2,19-9-5-3-6-10-19)20(25)23-14-17(18(15-23)16-24)13-22-11-7-4-8-12-22/h3,5-6,9-10,17-18,24H,4,7-8,11-16H2,1-2H3/t17-,18-/m1/s1. The maximum atomic E-state index is 13.2. The van der Waals surface area contributed by atoms with Crippen molar-refractivity contribution in [2.45, 2.75) is 38.5 Å².